The van der Waals surface area contributed by atoms with Crippen LogP contribution in [-0.4, -0.2) is 33.2 Å². The Bertz CT molecular complexity index is 658. The second kappa shape index (κ2) is 7.11. The predicted octanol–water partition coefficient (Wildman–Crippen LogP) is 2.97. The van der Waals surface area contributed by atoms with Gasteiger partial charge in [-0.3, -0.25) is 9.88 Å². The van der Waals surface area contributed by atoms with Crippen molar-refractivity contribution in [3.05, 3.63) is 58.9 Å². The van der Waals surface area contributed by atoms with Crippen LogP contribution in [0.3, 0.4) is 0 Å². The molecular formula is C19H24N2O2. The van der Waals surface area contributed by atoms with Gasteiger partial charge in [0.15, 0.2) is 0 Å². The summed E-state index contributed by atoms with van der Waals surface area (Å²) in [5.74, 6) is 0.756. The molecule has 0 spiro atoms. The molecule has 2 N–H and O–H groups in total. The van der Waals surface area contributed by atoms with Crippen molar-refractivity contribution in [1.29, 1.82) is 0 Å². The van der Waals surface area contributed by atoms with Gasteiger partial charge in [-0.25, -0.2) is 0 Å². The third-order valence-electron chi connectivity index (χ3n) is 4.76. The van der Waals surface area contributed by atoms with Crippen LogP contribution in [0.1, 0.15) is 41.1 Å². The highest BCUT2D eigenvalue weighted by Gasteiger charge is 2.23. The first-order chi connectivity index (χ1) is 11.2. The number of aliphatic hydroxyl groups is 1. The zero-order chi connectivity index (χ0) is 16.2. The van der Waals surface area contributed by atoms with Crippen LogP contribution >= 0.6 is 0 Å². The molecular weight excluding hydrogens is 288 g/mol. The molecule has 0 bridgehead atoms. The quantitative estimate of drug-likeness (QED) is 0.911. The number of aromatic hydroxyl groups is 1. The van der Waals surface area contributed by atoms with Gasteiger partial charge in [-0.1, -0.05) is 30.3 Å². The fourth-order valence-electron chi connectivity index (χ4n) is 3.42. The molecule has 4 heteroatoms. The smallest absolute Gasteiger partial charge is 0.141 e. The highest BCUT2D eigenvalue weighted by atomic mass is 16.3. The van der Waals surface area contributed by atoms with E-state index < -0.39 is 0 Å². The first-order valence-electron chi connectivity index (χ1n) is 8.23. The number of aliphatic hydroxyl groups excluding tert-OH is 1. The molecule has 0 amide bonds. The van der Waals surface area contributed by atoms with Gasteiger partial charge in [0.1, 0.15) is 5.75 Å². The van der Waals surface area contributed by atoms with E-state index in [4.69, 9.17) is 0 Å². The molecule has 0 radical (unpaired) electrons. The van der Waals surface area contributed by atoms with Gasteiger partial charge < -0.3 is 10.2 Å². The topological polar surface area (TPSA) is 56.6 Å². The van der Waals surface area contributed by atoms with Crippen LogP contribution in [0.25, 0.3) is 0 Å². The van der Waals surface area contributed by atoms with Crippen LogP contribution in [0.4, 0.5) is 0 Å². The molecule has 2 heterocycles. The molecule has 0 aliphatic carbocycles. The number of rotatable bonds is 4. The lowest BCUT2D eigenvalue weighted by molar-refractivity contribution is 0.195. The van der Waals surface area contributed by atoms with Crippen molar-refractivity contribution < 1.29 is 10.2 Å². The minimum atomic E-state index is -0.0911. The highest BCUT2D eigenvalue weighted by molar-refractivity contribution is 5.40. The first kappa shape index (κ1) is 16.0. The number of pyridine rings is 1. The molecule has 4 nitrogen and oxygen atoms in total. The Hall–Kier alpha value is -1.91. The number of aryl methyl sites for hydroxylation is 1. The predicted molar refractivity (Wildman–Crippen MR) is 90.3 cm³/mol. The summed E-state index contributed by atoms with van der Waals surface area (Å²) in [4.78, 5) is 6.51. The Labute approximate surface area is 137 Å². The van der Waals surface area contributed by atoms with Gasteiger partial charge in [0.25, 0.3) is 0 Å². The zero-order valence-corrected chi connectivity index (χ0v) is 13.6. The van der Waals surface area contributed by atoms with E-state index in [1.54, 1.807) is 13.1 Å². The maximum atomic E-state index is 10.3. The molecule has 1 aliphatic heterocycles. The summed E-state index contributed by atoms with van der Waals surface area (Å²) >= 11 is 0. The van der Waals surface area contributed by atoms with E-state index in [1.807, 2.05) is 0 Å². The number of hydrogen-bond acceptors (Lipinski definition) is 4. The van der Waals surface area contributed by atoms with Gasteiger partial charge in [-0.15, -0.1) is 0 Å². The van der Waals surface area contributed by atoms with Gasteiger partial charge >= 0.3 is 0 Å². The molecule has 1 aromatic carbocycles. The maximum absolute atomic E-state index is 10.3. The van der Waals surface area contributed by atoms with Crippen LogP contribution in [0.5, 0.6) is 5.75 Å². The summed E-state index contributed by atoms with van der Waals surface area (Å²) in [5.41, 5.74) is 3.53. The lowest BCUT2D eigenvalue weighted by Gasteiger charge is -2.33. The Kier molecular flexibility index (Phi) is 4.94. The van der Waals surface area contributed by atoms with E-state index in [0.29, 0.717) is 18.2 Å². The fourth-order valence-corrected chi connectivity index (χ4v) is 3.42. The van der Waals surface area contributed by atoms with Gasteiger partial charge in [0.05, 0.1) is 12.3 Å². The maximum Gasteiger partial charge on any atom is 0.141 e. The highest BCUT2D eigenvalue weighted by Crippen LogP contribution is 2.30. The van der Waals surface area contributed by atoms with Crippen LogP contribution in [-0.2, 0) is 13.2 Å². The summed E-state index contributed by atoms with van der Waals surface area (Å²) in [6.45, 7) is 4.37. The summed E-state index contributed by atoms with van der Waals surface area (Å²) in [6.07, 6.45) is 4.02. The average Bonchev–Trinajstić information content (AvgIpc) is 2.60. The molecule has 1 atom stereocenters. The van der Waals surface area contributed by atoms with Gasteiger partial charge in [-0.05, 0) is 37.8 Å². The van der Waals surface area contributed by atoms with E-state index in [2.05, 4.69) is 40.2 Å². The normalized spacial score (nSPS) is 19.0. The SMILES string of the molecule is Cc1ncc(CO)c(CN2CCCC(c3ccccc3)C2)c1O. The molecule has 122 valence electrons. The van der Waals surface area contributed by atoms with Crippen LogP contribution in [0.15, 0.2) is 36.5 Å². The van der Waals surface area contributed by atoms with Crippen LogP contribution < -0.4 is 0 Å². The standard InChI is InChI=1S/C19H24N2O2/c1-14-19(23)18(17(13-22)10-20-14)12-21-9-5-8-16(11-21)15-6-3-2-4-7-15/h2-4,6-7,10,16,22-23H,5,8-9,11-13H2,1H3. The fraction of sp³-hybridized carbons (Fsp3) is 0.421. The molecule has 0 saturated carbocycles. The molecule has 1 aliphatic rings. The third kappa shape index (κ3) is 3.54. The summed E-state index contributed by atoms with van der Waals surface area (Å²) in [7, 11) is 0. The van der Waals surface area contributed by atoms with Gasteiger partial charge in [-0.2, -0.15) is 0 Å². The monoisotopic (exact) mass is 312 g/mol. The van der Waals surface area contributed by atoms with Crippen molar-refractivity contribution in [3.8, 4) is 5.75 Å². The third-order valence-corrected chi connectivity index (χ3v) is 4.76. The first-order valence-corrected chi connectivity index (χ1v) is 8.23. The molecule has 3 rings (SSSR count). The number of nitrogens with zero attached hydrogens (tertiary/aromatic N) is 2. The Morgan fingerprint density at radius 2 is 2.04 bits per heavy atom. The second-order valence-corrected chi connectivity index (χ2v) is 6.34. The minimum absolute atomic E-state index is 0.0911. The number of benzene rings is 1. The van der Waals surface area contributed by atoms with Crippen molar-refractivity contribution in [3.63, 3.8) is 0 Å². The summed E-state index contributed by atoms with van der Waals surface area (Å²) < 4.78 is 0. The van der Waals surface area contributed by atoms with Crippen LogP contribution in [0, 0.1) is 6.92 Å². The van der Waals surface area contributed by atoms with Crippen LogP contribution in [0.2, 0.25) is 0 Å². The molecule has 1 unspecified atom stereocenters. The average molecular weight is 312 g/mol. The Balaban J connectivity index is 1.77. The van der Waals surface area contributed by atoms with E-state index in [0.717, 1.165) is 30.6 Å². The van der Waals surface area contributed by atoms with E-state index in [-0.39, 0.29) is 12.4 Å². The number of piperidine rings is 1. The number of likely N-dealkylation sites (tertiary alicyclic amines) is 1. The molecule has 1 aromatic heterocycles. The largest absolute Gasteiger partial charge is 0.506 e. The lowest BCUT2D eigenvalue weighted by Crippen LogP contribution is -2.34. The van der Waals surface area contributed by atoms with E-state index in [1.165, 1.54) is 12.0 Å². The molecule has 1 saturated heterocycles. The van der Waals surface area contributed by atoms with E-state index in [9.17, 15) is 10.2 Å². The van der Waals surface area contributed by atoms with Gasteiger partial charge in [0.2, 0.25) is 0 Å². The molecule has 1 fully saturated rings. The van der Waals surface area contributed by atoms with Gasteiger partial charge in [0, 0.05) is 30.4 Å². The van der Waals surface area contributed by atoms with Crippen molar-refractivity contribution >= 4 is 0 Å². The van der Waals surface area contributed by atoms with Crippen molar-refractivity contribution in [2.75, 3.05) is 13.1 Å². The van der Waals surface area contributed by atoms with Crippen molar-refractivity contribution in [1.82, 2.24) is 9.88 Å². The lowest BCUT2D eigenvalue weighted by atomic mass is 9.90. The van der Waals surface area contributed by atoms with Crippen molar-refractivity contribution in [2.45, 2.75) is 38.8 Å². The summed E-state index contributed by atoms with van der Waals surface area (Å²) in [6, 6.07) is 10.6. The second-order valence-electron chi connectivity index (χ2n) is 6.34. The molecule has 23 heavy (non-hydrogen) atoms. The molecule has 2 aromatic rings. The minimum Gasteiger partial charge on any atom is -0.506 e. The summed E-state index contributed by atoms with van der Waals surface area (Å²) in [5, 5.41) is 19.8. The Morgan fingerprint density at radius 1 is 1.26 bits per heavy atom. The zero-order valence-electron chi connectivity index (χ0n) is 13.6. The Morgan fingerprint density at radius 3 is 2.78 bits per heavy atom. The van der Waals surface area contributed by atoms with E-state index >= 15 is 0 Å². The van der Waals surface area contributed by atoms with Crippen molar-refractivity contribution in [2.24, 2.45) is 0 Å². The number of hydrogen-bond donors (Lipinski definition) is 2. The number of aromatic nitrogens is 1.